The topological polar surface area (TPSA) is 22.1 Å². The second-order valence-corrected chi connectivity index (χ2v) is 6.50. The molecule has 1 aromatic heterocycles. The van der Waals surface area contributed by atoms with E-state index in [0.717, 1.165) is 35.2 Å². The molecular weight excluding hydrogens is 382 g/mol. The molecule has 1 heterocycles. The van der Waals surface area contributed by atoms with E-state index in [9.17, 15) is 17.6 Å². The van der Waals surface area contributed by atoms with Gasteiger partial charge in [-0.25, -0.2) is 0 Å². The first-order valence-corrected chi connectivity index (χ1v) is 9.13. The Morgan fingerprint density at radius 3 is 2.00 bits per heavy atom. The Balaban J connectivity index is 1.72. The number of halogens is 4. The third-order valence-corrected chi connectivity index (χ3v) is 4.26. The summed E-state index contributed by atoms with van der Waals surface area (Å²) in [7, 11) is 0. The fourth-order valence-corrected chi connectivity index (χ4v) is 2.89. The molecule has 0 saturated carbocycles. The van der Waals surface area contributed by atoms with Crippen molar-refractivity contribution in [2.24, 2.45) is 0 Å². The molecule has 0 aliphatic carbocycles. The second kappa shape index (κ2) is 8.90. The van der Waals surface area contributed by atoms with Crippen LogP contribution in [0.4, 0.5) is 17.6 Å². The van der Waals surface area contributed by atoms with Crippen LogP contribution in [0.15, 0.2) is 79.0 Å². The van der Waals surface area contributed by atoms with E-state index in [1.165, 1.54) is 17.7 Å². The van der Waals surface area contributed by atoms with Crippen LogP contribution in [0.5, 0.6) is 5.75 Å². The molecule has 0 aliphatic heterocycles. The largest absolute Gasteiger partial charge is 0.429 e. The molecule has 0 spiro atoms. The zero-order valence-electron chi connectivity index (χ0n) is 15.7. The summed E-state index contributed by atoms with van der Waals surface area (Å²) in [6, 6.07) is 17.5. The summed E-state index contributed by atoms with van der Waals surface area (Å²) < 4.78 is 54.9. The monoisotopic (exact) mass is 401 g/mol. The van der Waals surface area contributed by atoms with E-state index in [1.54, 1.807) is 12.1 Å². The SMILES string of the molecule is CCCc1ccc(-c2ccc(-c3ccc(OC(F)(F)C=C(F)F)cc3)cc2)nc1. The van der Waals surface area contributed by atoms with Crippen LogP contribution in [0, 0.1) is 0 Å². The number of ether oxygens (including phenoxy) is 1. The summed E-state index contributed by atoms with van der Waals surface area (Å²) in [6.45, 7) is 2.12. The number of pyridine rings is 1. The maximum atomic E-state index is 13.3. The van der Waals surface area contributed by atoms with Gasteiger partial charge in [0.05, 0.1) is 11.8 Å². The number of benzene rings is 2. The van der Waals surface area contributed by atoms with Crippen LogP contribution in [0.3, 0.4) is 0 Å². The van der Waals surface area contributed by atoms with Gasteiger partial charge in [0.25, 0.3) is 6.08 Å². The van der Waals surface area contributed by atoms with Crippen molar-refractivity contribution >= 4 is 0 Å². The Bertz CT molecular complexity index is 961. The highest BCUT2D eigenvalue weighted by atomic mass is 19.3. The van der Waals surface area contributed by atoms with Gasteiger partial charge in [-0.1, -0.05) is 55.8 Å². The quantitative estimate of drug-likeness (QED) is 0.393. The molecule has 0 amide bonds. The Morgan fingerprint density at radius 2 is 1.48 bits per heavy atom. The van der Waals surface area contributed by atoms with Crippen molar-refractivity contribution in [2.75, 3.05) is 0 Å². The van der Waals surface area contributed by atoms with Gasteiger partial charge in [-0.3, -0.25) is 4.98 Å². The average molecular weight is 401 g/mol. The predicted molar refractivity (Wildman–Crippen MR) is 105 cm³/mol. The molecule has 0 unspecified atom stereocenters. The summed E-state index contributed by atoms with van der Waals surface area (Å²) in [6.07, 6.45) is -3.14. The van der Waals surface area contributed by atoms with Gasteiger partial charge in [0.1, 0.15) is 5.75 Å². The van der Waals surface area contributed by atoms with E-state index in [-0.39, 0.29) is 5.75 Å². The normalized spacial score (nSPS) is 11.2. The minimum atomic E-state index is -4.07. The molecule has 0 saturated heterocycles. The second-order valence-electron chi connectivity index (χ2n) is 6.50. The molecule has 0 radical (unpaired) electrons. The van der Waals surface area contributed by atoms with Crippen molar-refractivity contribution < 1.29 is 22.3 Å². The molecular formula is C23H19F4NO. The van der Waals surface area contributed by atoms with Crippen LogP contribution in [0.25, 0.3) is 22.4 Å². The average Bonchev–Trinajstić information content (AvgIpc) is 2.68. The van der Waals surface area contributed by atoms with E-state index >= 15 is 0 Å². The standard InChI is InChI=1S/C23H19F4NO/c1-2-3-16-4-13-21(28-15-16)19-7-5-17(6-8-19)18-9-11-20(12-10-18)29-23(26,27)14-22(24)25/h4-15H,2-3H2,1H3. The van der Waals surface area contributed by atoms with Crippen LogP contribution >= 0.6 is 0 Å². The fraction of sp³-hybridized carbons (Fsp3) is 0.174. The highest BCUT2D eigenvalue weighted by Gasteiger charge is 2.30. The Hall–Kier alpha value is -3.15. The molecule has 2 nitrogen and oxygen atoms in total. The van der Waals surface area contributed by atoms with Gasteiger partial charge >= 0.3 is 6.11 Å². The molecule has 29 heavy (non-hydrogen) atoms. The first-order chi connectivity index (χ1) is 13.9. The smallest absolute Gasteiger partial charge is 0.425 e. The summed E-state index contributed by atoms with van der Waals surface area (Å²) in [5, 5.41) is 0. The van der Waals surface area contributed by atoms with Crippen molar-refractivity contribution in [1.29, 1.82) is 0 Å². The van der Waals surface area contributed by atoms with Crippen molar-refractivity contribution in [3.05, 3.63) is 84.6 Å². The lowest BCUT2D eigenvalue weighted by molar-refractivity contribution is -0.133. The first kappa shape index (κ1) is 20.6. The van der Waals surface area contributed by atoms with E-state index in [2.05, 4.69) is 22.7 Å². The Morgan fingerprint density at radius 1 is 0.897 bits per heavy atom. The van der Waals surface area contributed by atoms with Crippen molar-refractivity contribution in [1.82, 2.24) is 4.98 Å². The maximum absolute atomic E-state index is 13.3. The van der Waals surface area contributed by atoms with Gasteiger partial charge in [0.2, 0.25) is 0 Å². The fourth-order valence-electron chi connectivity index (χ4n) is 2.89. The molecule has 3 rings (SSSR count). The summed E-state index contributed by atoms with van der Waals surface area (Å²) in [5.41, 5.74) is 4.70. The van der Waals surface area contributed by atoms with Crippen LogP contribution < -0.4 is 4.74 Å². The molecule has 0 fully saturated rings. The number of alkyl halides is 2. The van der Waals surface area contributed by atoms with Gasteiger partial charge in [-0.15, -0.1) is 0 Å². The molecule has 6 heteroatoms. The number of hydrogen-bond donors (Lipinski definition) is 0. The lowest BCUT2D eigenvalue weighted by atomic mass is 10.0. The first-order valence-electron chi connectivity index (χ1n) is 9.13. The zero-order chi connectivity index (χ0) is 20.9. The molecule has 150 valence electrons. The van der Waals surface area contributed by atoms with Gasteiger partial charge in [0, 0.05) is 11.8 Å². The molecule has 0 atom stereocenters. The Kier molecular flexibility index (Phi) is 6.32. The van der Waals surface area contributed by atoms with Gasteiger partial charge < -0.3 is 4.74 Å². The van der Waals surface area contributed by atoms with Crippen LogP contribution in [0.2, 0.25) is 0 Å². The number of aryl methyl sites for hydroxylation is 1. The van der Waals surface area contributed by atoms with E-state index in [0.29, 0.717) is 0 Å². The van der Waals surface area contributed by atoms with E-state index < -0.39 is 18.3 Å². The van der Waals surface area contributed by atoms with Gasteiger partial charge in [-0.05, 0) is 41.3 Å². The van der Waals surface area contributed by atoms with E-state index in [1.807, 2.05) is 36.5 Å². The van der Waals surface area contributed by atoms with Crippen LogP contribution in [-0.2, 0) is 6.42 Å². The number of hydrogen-bond acceptors (Lipinski definition) is 2. The molecule has 3 aromatic rings. The van der Waals surface area contributed by atoms with Crippen LogP contribution in [-0.4, -0.2) is 11.1 Å². The maximum Gasteiger partial charge on any atom is 0.425 e. The van der Waals surface area contributed by atoms with Gasteiger partial charge in [0.15, 0.2) is 0 Å². The minimum absolute atomic E-state index is 0.204. The third-order valence-electron chi connectivity index (χ3n) is 4.26. The molecule has 2 aromatic carbocycles. The minimum Gasteiger partial charge on any atom is -0.429 e. The van der Waals surface area contributed by atoms with Gasteiger partial charge in [-0.2, -0.15) is 17.6 Å². The lowest BCUT2D eigenvalue weighted by Crippen LogP contribution is -2.21. The van der Waals surface area contributed by atoms with Crippen molar-refractivity contribution in [2.45, 2.75) is 25.9 Å². The molecule has 0 N–H and O–H groups in total. The summed E-state index contributed by atoms with van der Waals surface area (Å²) in [4.78, 5) is 4.49. The van der Waals surface area contributed by atoms with Crippen molar-refractivity contribution in [3.8, 4) is 28.1 Å². The predicted octanol–water partition coefficient (Wildman–Crippen LogP) is 7.12. The van der Waals surface area contributed by atoms with E-state index in [4.69, 9.17) is 0 Å². The lowest BCUT2D eigenvalue weighted by Gasteiger charge is -2.14. The zero-order valence-corrected chi connectivity index (χ0v) is 15.7. The summed E-state index contributed by atoms with van der Waals surface area (Å²) >= 11 is 0. The summed E-state index contributed by atoms with van der Waals surface area (Å²) in [5.74, 6) is -0.204. The Labute approximate surface area is 166 Å². The molecule has 0 bridgehead atoms. The number of aromatic nitrogens is 1. The third kappa shape index (κ3) is 5.67. The highest BCUT2D eigenvalue weighted by Crippen LogP contribution is 2.29. The molecule has 0 aliphatic rings. The number of nitrogens with zero attached hydrogens (tertiary/aromatic N) is 1. The number of rotatable bonds is 7. The van der Waals surface area contributed by atoms with Crippen LogP contribution in [0.1, 0.15) is 18.9 Å². The highest BCUT2D eigenvalue weighted by molar-refractivity contribution is 5.69. The van der Waals surface area contributed by atoms with Crippen molar-refractivity contribution in [3.63, 3.8) is 0 Å².